The Kier molecular flexibility index (Phi) is 3.87. The average molecular weight is 394 g/mol. The van der Waals surface area contributed by atoms with Gasteiger partial charge in [-0.25, -0.2) is 8.42 Å². The molecule has 0 saturated carbocycles. The highest BCUT2D eigenvalue weighted by Crippen LogP contribution is 2.44. The van der Waals surface area contributed by atoms with Crippen LogP contribution in [0.5, 0.6) is 11.5 Å². The van der Waals surface area contributed by atoms with E-state index in [2.05, 4.69) is 0 Å². The van der Waals surface area contributed by atoms with Gasteiger partial charge in [-0.2, -0.15) is 0 Å². The molecule has 2 N–H and O–H groups in total. The molecule has 0 heterocycles. The van der Waals surface area contributed by atoms with Crippen LogP contribution < -0.4 is 0 Å². The van der Waals surface area contributed by atoms with Gasteiger partial charge in [0, 0.05) is 28.5 Å². The second-order valence-electron chi connectivity index (χ2n) is 6.55. The van der Waals surface area contributed by atoms with Gasteiger partial charge in [0.1, 0.15) is 0 Å². The van der Waals surface area contributed by atoms with Gasteiger partial charge < -0.3 is 10.2 Å². The number of rotatable bonds is 2. The predicted molar refractivity (Wildman–Crippen MR) is 102 cm³/mol. The quantitative estimate of drug-likeness (QED) is 0.506. The summed E-state index contributed by atoms with van der Waals surface area (Å²) in [6.45, 7) is 0. The highest BCUT2D eigenvalue weighted by atomic mass is 32.2. The first-order chi connectivity index (χ1) is 13.2. The van der Waals surface area contributed by atoms with Crippen LogP contribution in [0.3, 0.4) is 0 Å². The summed E-state index contributed by atoms with van der Waals surface area (Å²) >= 11 is 0. The summed E-state index contributed by atoms with van der Waals surface area (Å²) < 4.78 is 23.6. The minimum atomic E-state index is -3.50. The molecule has 0 radical (unpaired) electrons. The van der Waals surface area contributed by atoms with E-state index in [1.54, 1.807) is 18.2 Å². The number of aromatic hydroxyl groups is 2. The van der Waals surface area contributed by atoms with Gasteiger partial charge in [-0.1, -0.05) is 36.4 Å². The molecule has 3 aromatic carbocycles. The number of phenols is 2. The van der Waals surface area contributed by atoms with Crippen molar-refractivity contribution in [2.45, 2.75) is 4.90 Å². The fourth-order valence-corrected chi connectivity index (χ4v) is 4.01. The Balaban J connectivity index is 1.99. The maximum atomic E-state index is 12.9. The fourth-order valence-electron chi connectivity index (χ4n) is 3.34. The Morgan fingerprint density at radius 3 is 2.00 bits per heavy atom. The van der Waals surface area contributed by atoms with Crippen molar-refractivity contribution in [1.82, 2.24) is 0 Å². The van der Waals surface area contributed by atoms with Gasteiger partial charge in [0.25, 0.3) is 0 Å². The summed E-state index contributed by atoms with van der Waals surface area (Å²) in [5, 5.41) is 21.0. The molecule has 0 fully saturated rings. The molecule has 3 aromatic rings. The normalized spacial score (nSPS) is 13.2. The second kappa shape index (κ2) is 6.03. The number of sulfone groups is 1. The van der Waals surface area contributed by atoms with Crippen LogP contribution in [0.2, 0.25) is 0 Å². The van der Waals surface area contributed by atoms with E-state index >= 15 is 0 Å². The third-order valence-electron chi connectivity index (χ3n) is 4.74. The van der Waals surface area contributed by atoms with E-state index in [4.69, 9.17) is 0 Å². The van der Waals surface area contributed by atoms with E-state index in [1.807, 2.05) is 0 Å². The van der Waals surface area contributed by atoms with Crippen molar-refractivity contribution in [2.75, 3.05) is 6.26 Å². The van der Waals surface area contributed by atoms with E-state index in [9.17, 15) is 28.2 Å². The molecule has 0 saturated heterocycles. The molecule has 0 aromatic heterocycles. The molecule has 0 aliphatic heterocycles. The number of benzene rings is 3. The van der Waals surface area contributed by atoms with Crippen LogP contribution >= 0.6 is 0 Å². The molecule has 28 heavy (non-hydrogen) atoms. The molecule has 7 heteroatoms. The third-order valence-corrected chi connectivity index (χ3v) is 5.85. The van der Waals surface area contributed by atoms with Gasteiger partial charge >= 0.3 is 0 Å². The van der Waals surface area contributed by atoms with Crippen LogP contribution in [0.15, 0.2) is 59.5 Å². The van der Waals surface area contributed by atoms with Crippen molar-refractivity contribution in [3.8, 4) is 22.6 Å². The zero-order valence-electron chi connectivity index (χ0n) is 14.6. The van der Waals surface area contributed by atoms with Crippen molar-refractivity contribution < 1.29 is 28.2 Å². The fraction of sp³-hybridized carbons (Fsp3) is 0.0476. The van der Waals surface area contributed by atoms with Crippen LogP contribution in [0.4, 0.5) is 0 Å². The molecule has 1 aliphatic carbocycles. The molecule has 6 nitrogen and oxygen atoms in total. The lowest BCUT2D eigenvalue weighted by atomic mass is 9.82. The zero-order chi connectivity index (χ0) is 20.2. The molecule has 1 aliphatic rings. The number of carbonyl (C=O) groups is 2. The molecule has 0 bridgehead atoms. The van der Waals surface area contributed by atoms with Crippen molar-refractivity contribution in [3.63, 3.8) is 0 Å². The molecule has 140 valence electrons. The van der Waals surface area contributed by atoms with Crippen LogP contribution in [0.25, 0.3) is 11.1 Å². The monoisotopic (exact) mass is 394 g/mol. The van der Waals surface area contributed by atoms with Crippen LogP contribution in [0, 0.1) is 0 Å². The Morgan fingerprint density at radius 1 is 0.714 bits per heavy atom. The summed E-state index contributed by atoms with van der Waals surface area (Å²) in [6.07, 6.45) is 1.05. The van der Waals surface area contributed by atoms with E-state index < -0.39 is 32.9 Å². The number of ketones is 2. The minimum absolute atomic E-state index is 0.0226. The first kappa shape index (κ1) is 17.9. The SMILES string of the molecule is CS(=O)(=O)c1cccc(-c2cc3c(c(O)c2O)C(=O)c2ccccc2C3=O)c1. The standard InChI is InChI=1S/C21H14O6S/c1-28(26,27)12-6-4-5-11(9-12)15-10-16-17(21(25)20(15)24)19(23)14-8-3-2-7-13(14)18(16)22/h2-10,24-25H,1H3. The van der Waals surface area contributed by atoms with E-state index in [-0.39, 0.29) is 38.3 Å². The third kappa shape index (κ3) is 2.59. The number of hydrogen-bond donors (Lipinski definition) is 2. The maximum absolute atomic E-state index is 12.9. The van der Waals surface area contributed by atoms with Crippen LogP contribution in [0.1, 0.15) is 31.8 Å². The molecule has 0 atom stereocenters. The molecule has 0 unspecified atom stereocenters. The lowest BCUT2D eigenvalue weighted by Crippen LogP contribution is -2.21. The predicted octanol–water partition coefficient (Wildman–Crippen LogP) is 2.94. The number of fused-ring (bicyclic) bond motifs is 2. The Morgan fingerprint density at radius 2 is 1.36 bits per heavy atom. The summed E-state index contributed by atoms with van der Waals surface area (Å²) in [5.41, 5.74) is 0.408. The Labute approximate surface area is 160 Å². The van der Waals surface area contributed by atoms with E-state index in [0.29, 0.717) is 0 Å². The molecular weight excluding hydrogens is 380 g/mol. The van der Waals surface area contributed by atoms with Gasteiger partial charge in [-0.3, -0.25) is 9.59 Å². The average Bonchev–Trinajstić information content (AvgIpc) is 2.67. The summed E-state index contributed by atoms with van der Waals surface area (Å²) in [5.74, 6) is -2.31. The lowest BCUT2D eigenvalue weighted by Gasteiger charge is -2.20. The van der Waals surface area contributed by atoms with Crippen molar-refractivity contribution in [2.24, 2.45) is 0 Å². The van der Waals surface area contributed by atoms with Gasteiger partial charge in [-0.05, 0) is 23.8 Å². The smallest absolute Gasteiger partial charge is 0.198 e. The summed E-state index contributed by atoms with van der Waals surface area (Å²) in [7, 11) is -3.50. The van der Waals surface area contributed by atoms with Crippen molar-refractivity contribution in [1.29, 1.82) is 0 Å². The first-order valence-corrected chi connectivity index (χ1v) is 10.2. The van der Waals surface area contributed by atoms with Crippen LogP contribution in [-0.2, 0) is 9.84 Å². The topological polar surface area (TPSA) is 109 Å². The molecule has 0 spiro atoms. The molecular formula is C21H14O6S. The van der Waals surface area contributed by atoms with Gasteiger partial charge in [0.05, 0.1) is 10.5 Å². The lowest BCUT2D eigenvalue weighted by molar-refractivity contribution is 0.0976. The Hall–Kier alpha value is -3.45. The largest absolute Gasteiger partial charge is 0.504 e. The van der Waals surface area contributed by atoms with Gasteiger partial charge in [0.15, 0.2) is 32.9 Å². The zero-order valence-corrected chi connectivity index (χ0v) is 15.4. The Bertz CT molecular complexity index is 1290. The first-order valence-electron chi connectivity index (χ1n) is 8.28. The summed E-state index contributed by atoms with van der Waals surface area (Å²) in [6, 6.07) is 13.3. The highest BCUT2D eigenvalue weighted by molar-refractivity contribution is 7.90. The number of carbonyl (C=O) groups excluding carboxylic acids is 2. The van der Waals surface area contributed by atoms with Crippen molar-refractivity contribution >= 4 is 21.4 Å². The maximum Gasteiger partial charge on any atom is 0.198 e. The minimum Gasteiger partial charge on any atom is -0.504 e. The highest BCUT2D eigenvalue weighted by Gasteiger charge is 2.34. The molecule has 4 rings (SSSR count). The van der Waals surface area contributed by atoms with E-state index in [0.717, 1.165) is 6.26 Å². The molecule has 0 amide bonds. The summed E-state index contributed by atoms with van der Waals surface area (Å²) in [4.78, 5) is 25.7. The van der Waals surface area contributed by atoms with Crippen LogP contribution in [-0.4, -0.2) is 36.5 Å². The van der Waals surface area contributed by atoms with Gasteiger partial charge in [-0.15, -0.1) is 0 Å². The van der Waals surface area contributed by atoms with Gasteiger partial charge in [0.2, 0.25) is 0 Å². The van der Waals surface area contributed by atoms with Crippen molar-refractivity contribution in [3.05, 3.63) is 76.9 Å². The number of phenolic OH excluding ortho intramolecular Hbond substituents is 2. The number of hydrogen-bond acceptors (Lipinski definition) is 6. The second-order valence-corrected chi connectivity index (χ2v) is 8.56. The van der Waals surface area contributed by atoms with E-state index in [1.165, 1.54) is 36.4 Å².